The molecule has 3 aliphatic rings. The van der Waals surface area contributed by atoms with Crippen LogP contribution in [-0.4, -0.2) is 4.57 Å². The quantitative estimate of drug-likeness (QED) is 0.158. The zero-order valence-electron chi connectivity index (χ0n) is 44.8. The number of imidazole rings is 1. The van der Waals surface area contributed by atoms with Crippen LogP contribution in [0.1, 0.15) is 125 Å². The standard InChI is InChI=1S/C68H69N3O/c1-63(2,3)47-30-28-43(29-31-47)45-34-35-69-58(38-45)53-37-46(42-22-17-15-18-23-42)36-52-50-26-21-27-57-60(50)71-62(54-40-49(64(4,5)6)41-55(65(7,8)9)61(54)72-68(69,71)59(52)53)70(57)56-33-32-48(67(13,14)66(10,11)12)39-51(56)44-24-19-16-20-25-44/h15-41H,1-14H3/q+2. The summed E-state index contributed by atoms with van der Waals surface area (Å²) in [5.74, 6) is 0.927. The lowest BCUT2D eigenvalue weighted by Crippen LogP contribution is -2.78. The van der Waals surface area contributed by atoms with Crippen LogP contribution in [0.5, 0.6) is 5.75 Å². The summed E-state index contributed by atoms with van der Waals surface area (Å²) in [6.07, 6.45) is 2.31. The number of pyridine rings is 1. The molecule has 0 amide bonds. The Labute approximate surface area is 427 Å². The molecule has 4 nitrogen and oxygen atoms in total. The molecule has 0 saturated heterocycles. The molecule has 5 heterocycles. The van der Waals surface area contributed by atoms with Gasteiger partial charge in [-0.1, -0.05) is 200 Å². The van der Waals surface area contributed by atoms with E-state index in [1.807, 2.05) is 0 Å². The van der Waals surface area contributed by atoms with Crippen LogP contribution in [0.15, 0.2) is 164 Å². The third-order valence-corrected chi connectivity index (χ3v) is 16.9. The van der Waals surface area contributed by atoms with E-state index in [-0.39, 0.29) is 27.1 Å². The van der Waals surface area contributed by atoms with Crippen molar-refractivity contribution >= 4 is 11.0 Å². The van der Waals surface area contributed by atoms with Gasteiger partial charge in [0, 0.05) is 34.4 Å². The molecule has 1 spiro atoms. The molecule has 3 aliphatic heterocycles. The second-order valence-corrected chi connectivity index (χ2v) is 25.6. The van der Waals surface area contributed by atoms with E-state index >= 15 is 0 Å². The highest BCUT2D eigenvalue weighted by atomic mass is 16.5. The maximum absolute atomic E-state index is 8.25. The fraction of sp³-hybridized carbons (Fsp3) is 0.294. The summed E-state index contributed by atoms with van der Waals surface area (Å²) in [6, 6.07) is 59.8. The molecular weight excluding hydrogens is 875 g/mol. The van der Waals surface area contributed by atoms with Gasteiger partial charge in [0.15, 0.2) is 23.0 Å². The van der Waals surface area contributed by atoms with E-state index in [4.69, 9.17) is 4.74 Å². The van der Waals surface area contributed by atoms with Crippen LogP contribution in [0.4, 0.5) is 0 Å². The highest BCUT2D eigenvalue weighted by Crippen LogP contribution is 2.57. The smallest absolute Gasteiger partial charge is 0.392 e. The van der Waals surface area contributed by atoms with Crippen LogP contribution in [0.3, 0.4) is 0 Å². The molecule has 0 aliphatic carbocycles. The van der Waals surface area contributed by atoms with E-state index in [0.717, 1.165) is 39.6 Å². The fourth-order valence-corrected chi connectivity index (χ4v) is 11.7. The minimum absolute atomic E-state index is 0.0194. The molecule has 1 atom stereocenters. The number of aromatic nitrogens is 3. The fourth-order valence-electron chi connectivity index (χ4n) is 11.7. The van der Waals surface area contributed by atoms with E-state index < -0.39 is 5.85 Å². The monoisotopic (exact) mass is 944 g/mol. The molecule has 12 rings (SSSR count). The van der Waals surface area contributed by atoms with Crippen LogP contribution in [-0.2, 0) is 27.5 Å². The van der Waals surface area contributed by atoms with E-state index in [0.29, 0.717) is 0 Å². The number of benzene rings is 7. The van der Waals surface area contributed by atoms with Crippen LogP contribution < -0.4 is 13.9 Å². The van der Waals surface area contributed by atoms with Gasteiger partial charge >= 0.3 is 11.7 Å². The summed E-state index contributed by atoms with van der Waals surface area (Å²) in [4.78, 5) is 0. The topological polar surface area (TPSA) is 21.9 Å². The van der Waals surface area contributed by atoms with Crippen molar-refractivity contribution in [3.05, 3.63) is 192 Å². The van der Waals surface area contributed by atoms with Crippen molar-refractivity contribution in [3.63, 3.8) is 0 Å². The van der Waals surface area contributed by atoms with Crippen molar-refractivity contribution in [1.82, 2.24) is 4.57 Å². The molecule has 7 aromatic carbocycles. The van der Waals surface area contributed by atoms with Gasteiger partial charge in [0.2, 0.25) is 5.69 Å². The third kappa shape index (κ3) is 6.63. The first-order valence-electron chi connectivity index (χ1n) is 26.1. The first kappa shape index (κ1) is 46.1. The Morgan fingerprint density at radius 2 is 1.06 bits per heavy atom. The van der Waals surface area contributed by atoms with Crippen molar-refractivity contribution in [2.45, 2.75) is 124 Å². The van der Waals surface area contributed by atoms with E-state index in [9.17, 15) is 0 Å². The molecule has 4 heteroatoms. The zero-order chi connectivity index (χ0) is 50.7. The lowest BCUT2D eigenvalue weighted by molar-refractivity contribution is -0.997. The van der Waals surface area contributed by atoms with E-state index in [1.165, 1.54) is 77.9 Å². The van der Waals surface area contributed by atoms with E-state index in [2.05, 4.69) is 275 Å². The zero-order valence-corrected chi connectivity index (χ0v) is 44.8. The van der Waals surface area contributed by atoms with Crippen molar-refractivity contribution in [2.24, 2.45) is 5.41 Å². The molecule has 9 aromatic rings. The predicted molar refractivity (Wildman–Crippen MR) is 298 cm³/mol. The van der Waals surface area contributed by atoms with Crippen molar-refractivity contribution < 1.29 is 13.9 Å². The normalized spacial score (nSPS) is 15.8. The number of para-hydroxylation sites is 1. The Morgan fingerprint density at radius 3 is 1.69 bits per heavy atom. The molecular formula is C68H69N3O+2. The maximum Gasteiger partial charge on any atom is 0.499 e. The summed E-state index contributed by atoms with van der Waals surface area (Å²) in [6.45, 7) is 32.8. The Kier molecular flexibility index (Phi) is 9.75. The van der Waals surface area contributed by atoms with Crippen LogP contribution in [0, 0.1) is 5.41 Å². The molecule has 0 fully saturated rings. The first-order valence-corrected chi connectivity index (χ1v) is 26.1. The predicted octanol–water partition coefficient (Wildman–Crippen LogP) is 16.6. The molecule has 360 valence electrons. The van der Waals surface area contributed by atoms with Crippen LogP contribution in [0.25, 0.3) is 83.9 Å². The molecule has 0 bridgehead atoms. The Hall–Kier alpha value is -7.04. The van der Waals surface area contributed by atoms with Gasteiger partial charge < -0.3 is 4.74 Å². The number of hydrogen-bond acceptors (Lipinski definition) is 1. The van der Waals surface area contributed by atoms with Gasteiger partial charge in [0.25, 0.3) is 0 Å². The molecule has 1 unspecified atom stereocenters. The van der Waals surface area contributed by atoms with Crippen molar-refractivity contribution in [3.8, 4) is 78.6 Å². The molecule has 2 aromatic heterocycles. The molecule has 0 saturated carbocycles. The summed E-state index contributed by atoms with van der Waals surface area (Å²) in [5, 5.41) is 0. The first-order chi connectivity index (χ1) is 34.0. The number of ether oxygens (including phenoxy) is 1. The summed E-state index contributed by atoms with van der Waals surface area (Å²) < 4.78 is 15.9. The Balaban J connectivity index is 1.26. The summed E-state index contributed by atoms with van der Waals surface area (Å²) in [5.41, 5.74) is 22.2. The van der Waals surface area contributed by atoms with Gasteiger partial charge in [0.05, 0.1) is 5.56 Å². The minimum Gasteiger partial charge on any atom is -0.392 e. The SMILES string of the molecule is CC(C)(C)c1ccc(-c2cc[n+]3c(c2)-c2cc(-c4ccccc4)cc4c2C32Oc3c(cc(C(C)(C)C)cc3C(C)(C)C)-c3n(-c5ccc(C(C)(C)C(C)(C)C)cc5-c5ccccc5)c5cccc-4c5[n+]32)cc1. The second kappa shape index (κ2) is 15.2. The number of rotatable bonds is 5. The average Bonchev–Trinajstić information content (AvgIpc) is 3.84. The lowest BCUT2D eigenvalue weighted by Gasteiger charge is -2.39. The maximum atomic E-state index is 8.25. The summed E-state index contributed by atoms with van der Waals surface area (Å²) in [7, 11) is 0. The van der Waals surface area contributed by atoms with Gasteiger partial charge in [-0.15, -0.1) is 9.13 Å². The van der Waals surface area contributed by atoms with E-state index in [1.54, 1.807) is 0 Å². The number of nitrogens with zero attached hydrogens (tertiary/aromatic N) is 3. The molecule has 0 radical (unpaired) electrons. The van der Waals surface area contributed by atoms with Crippen molar-refractivity contribution in [2.75, 3.05) is 0 Å². The Bertz CT molecular complexity index is 3690. The lowest BCUT2D eigenvalue weighted by atomic mass is 9.65. The third-order valence-electron chi connectivity index (χ3n) is 16.9. The highest BCUT2D eigenvalue weighted by molar-refractivity contribution is 6.00. The van der Waals surface area contributed by atoms with Crippen LogP contribution >= 0.6 is 0 Å². The largest absolute Gasteiger partial charge is 0.499 e. The van der Waals surface area contributed by atoms with Crippen LogP contribution in [0.2, 0.25) is 0 Å². The average molecular weight is 944 g/mol. The second-order valence-electron chi connectivity index (χ2n) is 25.6. The van der Waals surface area contributed by atoms with Gasteiger partial charge in [-0.05, 0) is 114 Å². The van der Waals surface area contributed by atoms with Gasteiger partial charge in [0.1, 0.15) is 16.8 Å². The molecule has 72 heavy (non-hydrogen) atoms. The Morgan fingerprint density at radius 1 is 0.444 bits per heavy atom. The minimum atomic E-state index is -1.12. The highest BCUT2D eigenvalue weighted by Gasteiger charge is 2.69. The van der Waals surface area contributed by atoms with Gasteiger partial charge in [-0.2, -0.15) is 4.57 Å². The van der Waals surface area contributed by atoms with Gasteiger partial charge in [-0.25, -0.2) is 0 Å². The number of hydrogen-bond donors (Lipinski definition) is 0. The summed E-state index contributed by atoms with van der Waals surface area (Å²) >= 11 is 0. The van der Waals surface area contributed by atoms with Crippen molar-refractivity contribution in [1.29, 1.82) is 0 Å². The van der Waals surface area contributed by atoms with Gasteiger partial charge in [-0.3, -0.25) is 0 Å². The molecule has 0 N–H and O–H groups in total. The number of fused-ring (bicyclic) bond motifs is 5.